The van der Waals surface area contributed by atoms with Gasteiger partial charge in [-0.25, -0.2) is 0 Å². The Hall–Kier alpha value is -1.15. The summed E-state index contributed by atoms with van der Waals surface area (Å²) in [7, 11) is 2.05. The van der Waals surface area contributed by atoms with E-state index in [1.165, 1.54) is 18.4 Å². The highest BCUT2D eigenvalue weighted by Crippen LogP contribution is 2.26. The predicted octanol–water partition coefficient (Wildman–Crippen LogP) is 2.89. The summed E-state index contributed by atoms with van der Waals surface area (Å²) in [5, 5.41) is 0. The number of hydrogen-bond acceptors (Lipinski definition) is 2. The Morgan fingerprint density at radius 2 is 1.76 bits per heavy atom. The summed E-state index contributed by atoms with van der Waals surface area (Å²) in [5.41, 5.74) is 4.36. The Labute approximate surface area is 104 Å². The van der Waals surface area contributed by atoms with Crippen molar-refractivity contribution in [3.8, 4) is 0 Å². The molecule has 2 rings (SSSR count). The first-order valence-corrected chi connectivity index (χ1v) is 6.30. The quantitative estimate of drug-likeness (QED) is 0.743. The topological polar surface area (TPSA) is 20.3 Å². The lowest BCUT2D eigenvalue weighted by atomic mass is 9.96. The van der Waals surface area contributed by atoms with E-state index in [1.807, 2.05) is 13.8 Å². The molecule has 0 amide bonds. The Bertz CT molecular complexity index is 423. The molecule has 0 saturated heterocycles. The SMILES string of the molecule is Cc1cc(C)c(C(=O)CN(C)C2CC2)c(C)c1. The van der Waals surface area contributed by atoms with E-state index in [1.54, 1.807) is 0 Å². The molecule has 1 aromatic carbocycles. The fourth-order valence-corrected chi connectivity index (χ4v) is 2.57. The van der Waals surface area contributed by atoms with Gasteiger partial charge in [0.15, 0.2) is 5.78 Å². The maximum atomic E-state index is 12.3. The fourth-order valence-electron chi connectivity index (χ4n) is 2.57. The van der Waals surface area contributed by atoms with Gasteiger partial charge in [-0.05, 0) is 51.8 Å². The first-order valence-electron chi connectivity index (χ1n) is 6.30. The van der Waals surface area contributed by atoms with Crippen LogP contribution >= 0.6 is 0 Å². The van der Waals surface area contributed by atoms with E-state index in [2.05, 4.69) is 31.0 Å². The number of benzene rings is 1. The molecule has 0 radical (unpaired) electrons. The van der Waals surface area contributed by atoms with E-state index in [4.69, 9.17) is 0 Å². The van der Waals surface area contributed by atoms with Gasteiger partial charge in [-0.2, -0.15) is 0 Å². The minimum atomic E-state index is 0.259. The van der Waals surface area contributed by atoms with Crippen molar-refractivity contribution in [3.05, 3.63) is 34.4 Å². The van der Waals surface area contributed by atoms with Crippen molar-refractivity contribution in [1.82, 2.24) is 4.90 Å². The second kappa shape index (κ2) is 4.61. The lowest BCUT2D eigenvalue weighted by Gasteiger charge is -2.17. The number of aryl methyl sites for hydroxylation is 3. The summed E-state index contributed by atoms with van der Waals surface area (Å²) in [4.78, 5) is 14.5. The van der Waals surface area contributed by atoms with Gasteiger partial charge in [-0.3, -0.25) is 9.69 Å². The number of Topliss-reactive ketones (excluding diaryl/α,β-unsaturated/α-hetero) is 1. The molecule has 1 aromatic rings. The maximum absolute atomic E-state index is 12.3. The number of ketones is 1. The minimum Gasteiger partial charge on any atom is -0.296 e. The lowest BCUT2D eigenvalue weighted by molar-refractivity contribution is 0.0941. The molecule has 0 N–H and O–H groups in total. The molecule has 0 atom stereocenters. The van der Waals surface area contributed by atoms with Crippen molar-refractivity contribution >= 4 is 5.78 Å². The van der Waals surface area contributed by atoms with E-state index in [0.29, 0.717) is 12.6 Å². The van der Waals surface area contributed by atoms with Crippen LogP contribution in [0.1, 0.15) is 39.9 Å². The average Bonchev–Trinajstić information content (AvgIpc) is 2.97. The van der Waals surface area contributed by atoms with Crippen LogP contribution in [0.4, 0.5) is 0 Å². The number of likely N-dealkylation sites (N-methyl/N-ethyl adjacent to an activating group) is 1. The standard InChI is InChI=1S/C15H21NO/c1-10-7-11(2)15(12(3)8-10)14(17)9-16(4)13-5-6-13/h7-8,13H,5-6,9H2,1-4H3. The van der Waals surface area contributed by atoms with Crippen LogP contribution in [-0.2, 0) is 0 Å². The smallest absolute Gasteiger partial charge is 0.177 e. The van der Waals surface area contributed by atoms with Crippen molar-refractivity contribution in [2.24, 2.45) is 0 Å². The summed E-state index contributed by atoms with van der Waals surface area (Å²) in [6.07, 6.45) is 2.49. The van der Waals surface area contributed by atoms with Gasteiger partial charge in [-0.1, -0.05) is 17.7 Å². The highest BCUT2D eigenvalue weighted by Gasteiger charge is 2.28. The fraction of sp³-hybridized carbons (Fsp3) is 0.533. The van der Waals surface area contributed by atoms with Gasteiger partial charge in [0.05, 0.1) is 6.54 Å². The molecular formula is C15H21NO. The number of nitrogens with zero attached hydrogens (tertiary/aromatic N) is 1. The van der Waals surface area contributed by atoms with Gasteiger partial charge in [0.25, 0.3) is 0 Å². The summed E-state index contributed by atoms with van der Waals surface area (Å²) in [5.74, 6) is 0.259. The number of hydrogen-bond donors (Lipinski definition) is 0. The summed E-state index contributed by atoms with van der Waals surface area (Å²) >= 11 is 0. The molecule has 0 heterocycles. The molecule has 92 valence electrons. The molecule has 17 heavy (non-hydrogen) atoms. The van der Waals surface area contributed by atoms with Crippen LogP contribution in [0.2, 0.25) is 0 Å². The molecule has 1 aliphatic rings. The molecule has 0 aliphatic heterocycles. The lowest BCUT2D eigenvalue weighted by Crippen LogP contribution is -2.28. The van der Waals surface area contributed by atoms with Crippen molar-refractivity contribution in [2.75, 3.05) is 13.6 Å². The monoisotopic (exact) mass is 231 g/mol. The highest BCUT2D eigenvalue weighted by molar-refractivity contribution is 6.00. The zero-order chi connectivity index (χ0) is 12.6. The molecule has 1 fully saturated rings. The molecule has 2 nitrogen and oxygen atoms in total. The highest BCUT2D eigenvalue weighted by atomic mass is 16.1. The third kappa shape index (κ3) is 2.75. The first-order chi connectivity index (χ1) is 7.99. The normalized spacial score (nSPS) is 15.4. The third-order valence-electron chi connectivity index (χ3n) is 3.52. The summed E-state index contributed by atoms with van der Waals surface area (Å²) in [6.45, 7) is 6.69. The van der Waals surface area contributed by atoms with Crippen molar-refractivity contribution < 1.29 is 4.79 Å². The molecular weight excluding hydrogens is 210 g/mol. The summed E-state index contributed by atoms with van der Waals surface area (Å²) in [6, 6.07) is 4.83. The van der Waals surface area contributed by atoms with Crippen LogP contribution in [0, 0.1) is 20.8 Å². The molecule has 0 unspecified atom stereocenters. The van der Waals surface area contributed by atoms with Crippen molar-refractivity contribution in [1.29, 1.82) is 0 Å². The van der Waals surface area contributed by atoms with Gasteiger partial charge >= 0.3 is 0 Å². The van der Waals surface area contributed by atoms with Crippen molar-refractivity contribution in [3.63, 3.8) is 0 Å². The van der Waals surface area contributed by atoms with Gasteiger partial charge in [0, 0.05) is 11.6 Å². The van der Waals surface area contributed by atoms with E-state index in [9.17, 15) is 4.79 Å². The van der Waals surface area contributed by atoms with Crippen LogP contribution in [0.15, 0.2) is 12.1 Å². The summed E-state index contributed by atoms with van der Waals surface area (Å²) < 4.78 is 0. The zero-order valence-corrected chi connectivity index (χ0v) is 11.2. The number of rotatable bonds is 4. The minimum absolute atomic E-state index is 0.259. The van der Waals surface area contributed by atoms with E-state index in [0.717, 1.165) is 16.7 Å². The molecule has 1 saturated carbocycles. The van der Waals surface area contributed by atoms with Crippen molar-refractivity contribution in [2.45, 2.75) is 39.7 Å². The molecule has 0 bridgehead atoms. The average molecular weight is 231 g/mol. The largest absolute Gasteiger partial charge is 0.296 e. The Kier molecular flexibility index (Phi) is 3.34. The third-order valence-corrected chi connectivity index (χ3v) is 3.52. The van der Waals surface area contributed by atoms with E-state index in [-0.39, 0.29) is 5.78 Å². The van der Waals surface area contributed by atoms with Crippen LogP contribution in [0.3, 0.4) is 0 Å². The van der Waals surface area contributed by atoms with E-state index < -0.39 is 0 Å². The zero-order valence-electron chi connectivity index (χ0n) is 11.2. The number of carbonyl (C=O) groups is 1. The number of carbonyl (C=O) groups excluding carboxylic acids is 1. The molecule has 1 aliphatic carbocycles. The van der Waals surface area contributed by atoms with Gasteiger partial charge < -0.3 is 0 Å². The van der Waals surface area contributed by atoms with E-state index >= 15 is 0 Å². The predicted molar refractivity (Wildman–Crippen MR) is 70.6 cm³/mol. The molecule has 0 aromatic heterocycles. The Balaban J connectivity index is 2.18. The molecule has 2 heteroatoms. The van der Waals surface area contributed by atoms with Gasteiger partial charge in [0.1, 0.15) is 0 Å². The van der Waals surface area contributed by atoms with Crippen LogP contribution in [0.25, 0.3) is 0 Å². The van der Waals surface area contributed by atoms with Crippen LogP contribution < -0.4 is 0 Å². The second-order valence-corrected chi connectivity index (χ2v) is 5.34. The van der Waals surface area contributed by atoms with Gasteiger partial charge in [-0.15, -0.1) is 0 Å². The first kappa shape index (κ1) is 12.3. The van der Waals surface area contributed by atoms with Gasteiger partial charge in [0.2, 0.25) is 0 Å². The second-order valence-electron chi connectivity index (χ2n) is 5.34. The van der Waals surface area contributed by atoms with Crippen LogP contribution in [0.5, 0.6) is 0 Å². The Morgan fingerprint density at radius 1 is 1.24 bits per heavy atom. The Morgan fingerprint density at radius 3 is 2.24 bits per heavy atom. The maximum Gasteiger partial charge on any atom is 0.177 e. The molecule has 0 spiro atoms. The van der Waals surface area contributed by atoms with Crippen LogP contribution in [-0.4, -0.2) is 30.3 Å².